The van der Waals surface area contributed by atoms with E-state index in [2.05, 4.69) is 20.5 Å². The van der Waals surface area contributed by atoms with Crippen molar-refractivity contribution in [2.24, 2.45) is 0 Å². The molecule has 0 aliphatic rings. The van der Waals surface area contributed by atoms with Crippen LogP contribution in [0.4, 0.5) is 29.3 Å². The first-order chi connectivity index (χ1) is 14.2. The van der Waals surface area contributed by atoms with E-state index in [9.17, 15) is 22.8 Å². The molecule has 12 heteroatoms. The number of thioether (sulfide) groups is 1. The maximum atomic E-state index is 12.3. The van der Waals surface area contributed by atoms with Crippen LogP contribution >= 0.6 is 11.8 Å². The zero-order chi connectivity index (χ0) is 21.7. The molecule has 2 heterocycles. The predicted octanol–water partition coefficient (Wildman–Crippen LogP) is 4.57. The summed E-state index contributed by atoms with van der Waals surface area (Å²) in [6, 6.07) is 7.76. The molecular formula is C18H15F3N4O4S. The fraction of sp³-hybridized carbons (Fsp3) is 0.167. The second-order valence-corrected chi connectivity index (χ2v) is 6.97. The molecule has 2 amide bonds. The van der Waals surface area contributed by atoms with Crippen LogP contribution in [0.2, 0.25) is 0 Å². The lowest BCUT2D eigenvalue weighted by atomic mass is 10.3. The SMILES string of the molecule is COC(=O)c1ccc(Cn2cc(NC(=O)Nc3ccc(SC(F)(F)F)cc3)cn2)o1. The molecule has 0 atom stereocenters. The first-order valence-corrected chi connectivity index (χ1v) is 9.17. The number of methoxy groups -OCH3 is 1. The number of furan rings is 1. The van der Waals surface area contributed by atoms with E-state index >= 15 is 0 Å². The molecule has 30 heavy (non-hydrogen) atoms. The lowest BCUT2D eigenvalue weighted by molar-refractivity contribution is -0.0328. The monoisotopic (exact) mass is 440 g/mol. The molecule has 0 fully saturated rings. The highest BCUT2D eigenvalue weighted by molar-refractivity contribution is 8.00. The number of nitrogens with zero attached hydrogens (tertiary/aromatic N) is 2. The maximum Gasteiger partial charge on any atom is 0.446 e. The molecule has 158 valence electrons. The third-order valence-corrected chi connectivity index (χ3v) is 4.34. The molecule has 0 aliphatic carbocycles. The third-order valence-electron chi connectivity index (χ3n) is 3.60. The number of halogens is 3. The molecule has 1 aromatic carbocycles. The van der Waals surface area contributed by atoms with Gasteiger partial charge in [-0.25, -0.2) is 9.59 Å². The molecule has 0 unspecified atom stereocenters. The number of urea groups is 1. The van der Waals surface area contributed by atoms with E-state index < -0.39 is 17.5 Å². The smallest absolute Gasteiger partial charge is 0.446 e. The number of carbonyl (C=O) groups is 2. The zero-order valence-electron chi connectivity index (χ0n) is 15.4. The molecule has 2 aromatic heterocycles. The van der Waals surface area contributed by atoms with Crippen molar-refractivity contribution in [3.05, 3.63) is 60.3 Å². The van der Waals surface area contributed by atoms with E-state index in [0.717, 1.165) is 0 Å². The van der Waals surface area contributed by atoms with Gasteiger partial charge in [0, 0.05) is 16.8 Å². The van der Waals surface area contributed by atoms with Gasteiger partial charge in [0.1, 0.15) is 5.76 Å². The van der Waals surface area contributed by atoms with Crippen LogP contribution in [-0.2, 0) is 11.3 Å². The van der Waals surface area contributed by atoms with Gasteiger partial charge in [-0.15, -0.1) is 0 Å². The number of carbonyl (C=O) groups excluding carboxylic acids is 2. The van der Waals surface area contributed by atoms with Crippen LogP contribution in [0.3, 0.4) is 0 Å². The van der Waals surface area contributed by atoms with Crippen LogP contribution in [0.5, 0.6) is 0 Å². The van der Waals surface area contributed by atoms with E-state index in [4.69, 9.17) is 4.42 Å². The van der Waals surface area contributed by atoms with Crippen molar-refractivity contribution in [3.8, 4) is 0 Å². The van der Waals surface area contributed by atoms with Crippen molar-refractivity contribution in [1.82, 2.24) is 9.78 Å². The van der Waals surface area contributed by atoms with E-state index in [1.807, 2.05) is 0 Å². The van der Waals surface area contributed by atoms with E-state index in [0.29, 0.717) is 17.1 Å². The molecule has 0 spiro atoms. The summed E-state index contributed by atoms with van der Waals surface area (Å²) in [5.41, 5.74) is -3.66. The Morgan fingerprint density at radius 2 is 1.83 bits per heavy atom. The lowest BCUT2D eigenvalue weighted by Gasteiger charge is -2.08. The highest BCUT2D eigenvalue weighted by atomic mass is 32.2. The topological polar surface area (TPSA) is 98.4 Å². The van der Waals surface area contributed by atoms with Gasteiger partial charge in [-0.1, -0.05) is 0 Å². The summed E-state index contributed by atoms with van der Waals surface area (Å²) in [6.45, 7) is 0.221. The maximum absolute atomic E-state index is 12.3. The first kappa shape index (κ1) is 21.3. The van der Waals surface area contributed by atoms with E-state index in [1.54, 1.807) is 12.3 Å². The fourth-order valence-electron chi connectivity index (χ4n) is 2.38. The van der Waals surface area contributed by atoms with E-state index in [1.165, 1.54) is 48.3 Å². The number of rotatable bonds is 6. The number of hydrogen-bond donors (Lipinski definition) is 2. The molecule has 8 nitrogen and oxygen atoms in total. The first-order valence-electron chi connectivity index (χ1n) is 8.35. The summed E-state index contributed by atoms with van der Waals surface area (Å²) in [4.78, 5) is 23.5. The summed E-state index contributed by atoms with van der Waals surface area (Å²) in [5.74, 6) is -0.0610. The molecular weight excluding hydrogens is 425 g/mol. The number of benzene rings is 1. The third kappa shape index (κ3) is 6.04. The molecule has 0 aliphatic heterocycles. The normalized spacial score (nSPS) is 11.2. The molecule has 0 saturated carbocycles. The molecule has 2 N–H and O–H groups in total. The van der Waals surface area contributed by atoms with Crippen molar-refractivity contribution in [3.63, 3.8) is 0 Å². The van der Waals surface area contributed by atoms with Crippen molar-refractivity contribution >= 4 is 35.1 Å². The van der Waals surface area contributed by atoms with Crippen LogP contribution in [-0.4, -0.2) is 34.4 Å². The molecule has 0 radical (unpaired) electrons. The molecule has 3 aromatic rings. The lowest BCUT2D eigenvalue weighted by Crippen LogP contribution is -2.19. The fourth-order valence-corrected chi connectivity index (χ4v) is 2.92. The van der Waals surface area contributed by atoms with Crippen LogP contribution in [0, 0.1) is 0 Å². The zero-order valence-corrected chi connectivity index (χ0v) is 16.2. The number of nitrogens with one attached hydrogen (secondary N) is 2. The Morgan fingerprint density at radius 3 is 2.50 bits per heavy atom. The summed E-state index contributed by atoms with van der Waals surface area (Å²) in [7, 11) is 1.25. The average Bonchev–Trinajstić information content (AvgIpc) is 3.31. The van der Waals surface area contributed by atoms with Crippen LogP contribution in [0.25, 0.3) is 0 Å². The van der Waals surface area contributed by atoms with Gasteiger partial charge in [-0.2, -0.15) is 18.3 Å². The molecule has 3 rings (SSSR count). The van der Waals surface area contributed by atoms with Gasteiger partial charge in [0.25, 0.3) is 0 Å². The standard InChI is InChI=1S/C18H15F3N4O4S/c1-28-16(26)15-7-4-13(29-15)10-25-9-12(8-22-25)24-17(27)23-11-2-5-14(6-3-11)30-18(19,20)21/h2-9H,10H2,1H3,(H2,23,24,27). The minimum Gasteiger partial charge on any atom is -0.463 e. The van der Waals surface area contributed by atoms with Crippen molar-refractivity contribution in [1.29, 1.82) is 0 Å². The Balaban J connectivity index is 1.53. The number of esters is 1. The quantitative estimate of drug-likeness (QED) is 0.431. The molecule has 0 saturated heterocycles. The summed E-state index contributed by atoms with van der Waals surface area (Å²) >= 11 is -0.234. The Labute approximate surface area is 172 Å². The van der Waals surface area contributed by atoms with Crippen molar-refractivity contribution < 1.29 is 31.9 Å². The number of alkyl halides is 3. The summed E-state index contributed by atoms with van der Waals surface area (Å²) in [6.07, 6.45) is 2.95. The summed E-state index contributed by atoms with van der Waals surface area (Å²) < 4.78 is 48.4. The Kier molecular flexibility index (Phi) is 6.35. The number of ether oxygens (including phenoxy) is 1. The number of anilines is 2. The van der Waals surface area contributed by atoms with E-state index in [-0.39, 0.29) is 29.0 Å². The van der Waals surface area contributed by atoms with Gasteiger partial charge >= 0.3 is 17.5 Å². The minimum absolute atomic E-state index is 0.0167. The predicted molar refractivity (Wildman–Crippen MR) is 102 cm³/mol. The van der Waals surface area contributed by atoms with Gasteiger partial charge < -0.3 is 19.8 Å². The number of aromatic nitrogens is 2. The minimum atomic E-state index is -4.37. The summed E-state index contributed by atoms with van der Waals surface area (Å²) in [5, 5.41) is 9.15. The van der Waals surface area contributed by atoms with Gasteiger partial charge in [0.2, 0.25) is 5.76 Å². The average molecular weight is 440 g/mol. The number of hydrogen-bond acceptors (Lipinski definition) is 6. The highest BCUT2D eigenvalue weighted by Crippen LogP contribution is 2.37. The van der Waals surface area contributed by atoms with Crippen LogP contribution in [0.1, 0.15) is 16.3 Å². The number of amides is 2. The van der Waals surface area contributed by atoms with Crippen molar-refractivity contribution in [2.75, 3.05) is 17.7 Å². The second kappa shape index (κ2) is 8.95. The van der Waals surface area contributed by atoms with Crippen molar-refractivity contribution in [2.45, 2.75) is 16.9 Å². The van der Waals surface area contributed by atoms with Crippen LogP contribution in [0.15, 0.2) is 58.1 Å². The Morgan fingerprint density at radius 1 is 1.13 bits per heavy atom. The van der Waals surface area contributed by atoms with Gasteiger partial charge in [0.05, 0.1) is 25.5 Å². The van der Waals surface area contributed by atoms with Gasteiger partial charge in [-0.3, -0.25) is 4.68 Å². The molecule has 0 bridgehead atoms. The van der Waals surface area contributed by atoms with Gasteiger partial charge in [-0.05, 0) is 48.2 Å². The highest BCUT2D eigenvalue weighted by Gasteiger charge is 2.29. The Bertz CT molecular complexity index is 1030. The Hall–Kier alpha value is -3.41. The van der Waals surface area contributed by atoms with Gasteiger partial charge in [0.15, 0.2) is 0 Å². The second-order valence-electron chi connectivity index (χ2n) is 5.84. The van der Waals surface area contributed by atoms with Crippen LogP contribution < -0.4 is 10.6 Å². The largest absolute Gasteiger partial charge is 0.463 e.